The average molecular weight is 321 g/mol. The zero-order chi connectivity index (χ0) is 16.9. The molecule has 0 aliphatic carbocycles. The van der Waals surface area contributed by atoms with E-state index in [0.29, 0.717) is 31.7 Å². The molecule has 23 heavy (non-hydrogen) atoms. The van der Waals surface area contributed by atoms with Gasteiger partial charge in [0.2, 0.25) is 0 Å². The van der Waals surface area contributed by atoms with Crippen LogP contribution in [-0.2, 0) is 14.3 Å². The molecule has 1 fully saturated rings. The third kappa shape index (κ3) is 4.01. The summed E-state index contributed by atoms with van der Waals surface area (Å²) in [6.45, 7) is 2.68. The van der Waals surface area contributed by atoms with Gasteiger partial charge >= 0.3 is 5.97 Å². The van der Waals surface area contributed by atoms with Crippen LogP contribution in [0, 0.1) is 5.41 Å². The van der Waals surface area contributed by atoms with Gasteiger partial charge in [0, 0.05) is 20.2 Å². The first-order valence-electron chi connectivity index (χ1n) is 7.71. The van der Waals surface area contributed by atoms with Crippen molar-refractivity contribution in [2.45, 2.75) is 25.9 Å². The van der Waals surface area contributed by atoms with Crippen LogP contribution >= 0.6 is 0 Å². The minimum absolute atomic E-state index is 0.120. The van der Waals surface area contributed by atoms with Gasteiger partial charge in [0.05, 0.1) is 12.0 Å². The Hall–Kier alpha value is -2.08. The largest absolute Gasteiger partial charge is 0.481 e. The van der Waals surface area contributed by atoms with Crippen LogP contribution in [0.3, 0.4) is 0 Å². The van der Waals surface area contributed by atoms with Gasteiger partial charge in [-0.05, 0) is 31.9 Å². The van der Waals surface area contributed by atoms with Crippen molar-refractivity contribution in [1.29, 1.82) is 0 Å². The zero-order valence-electron chi connectivity index (χ0n) is 13.5. The van der Waals surface area contributed by atoms with Crippen molar-refractivity contribution in [2.24, 2.45) is 5.41 Å². The molecule has 0 aromatic heterocycles. The van der Waals surface area contributed by atoms with Crippen LogP contribution in [-0.4, -0.2) is 54.8 Å². The summed E-state index contributed by atoms with van der Waals surface area (Å²) in [6, 6.07) is 9.17. The molecule has 0 saturated carbocycles. The van der Waals surface area contributed by atoms with E-state index in [1.54, 1.807) is 24.0 Å². The first-order valence-corrected chi connectivity index (χ1v) is 7.71. The number of carboxylic acid groups (broad SMARTS) is 1. The van der Waals surface area contributed by atoms with E-state index >= 15 is 0 Å². The van der Waals surface area contributed by atoms with E-state index in [1.165, 1.54) is 7.11 Å². The quantitative estimate of drug-likeness (QED) is 0.864. The number of para-hydroxylation sites is 1. The lowest BCUT2D eigenvalue weighted by atomic mass is 9.79. The third-order valence-electron chi connectivity index (χ3n) is 4.31. The van der Waals surface area contributed by atoms with E-state index in [9.17, 15) is 14.7 Å². The van der Waals surface area contributed by atoms with Crippen molar-refractivity contribution in [3.8, 4) is 5.75 Å². The molecular weight excluding hydrogens is 298 g/mol. The number of benzene rings is 1. The molecule has 0 radical (unpaired) electrons. The first-order chi connectivity index (χ1) is 11.0. The minimum atomic E-state index is -0.894. The highest BCUT2D eigenvalue weighted by Crippen LogP contribution is 2.32. The number of amides is 1. The fraction of sp³-hybridized carbons (Fsp3) is 0.529. The van der Waals surface area contributed by atoms with Crippen molar-refractivity contribution in [3.05, 3.63) is 30.3 Å². The molecule has 1 atom stereocenters. The van der Waals surface area contributed by atoms with Gasteiger partial charge in [-0.3, -0.25) is 9.59 Å². The van der Waals surface area contributed by atoms with E-state index in [0.717, 1.165) is 0 Å². The highest BCUT2D eigenvalue weighted by molar-refractivity contribution is 5.81. The van der Waals surface area contributed by atoms with Crippen LogP contribution in [0.5, 0.6) is 5.75 Å². The van der Waals surface area contributed by atoms with Crippen molar-refractivity contribution in [2.75, 3.05) is 26.8 Å². The zero-order valence-corrected chi connectivity index (χ0v) is 13.5. The van der Waals surface area contributed by atoms with E-state index < -0.39 is 17.5 Å². The number of methoxy groups -OCH3 is 1. The lowest BCUT2D eigenvalue weighted by molar-refractivity contribution is -0.159. The van der Waals surface area contributed by atoms with Crippen molar-refractivity contribution in [1.82, 2.24) is 4.90 Å². The second kappa shape index (κ2) is 7.46. The van der Waals surface area contributed by atoms with E-state index in [4.69, 9.17) is 9.47 Å². The predicted octanol–water partition coefficient (Wildman–Crippen LogP) is 1.79. The average Bonchev–Trinajstić information content (AvgIpc) is 2.56. The predicted molar refractivity (Wildman–Crippen MR) is 84.3 cm³/mol. The van der Waals surface area contributed by atoms with Crippen LogP contribution in [0.25, 0.3) is 0 Å². The number of carbonyl (C=O) groups excluding carboxylic acids is 1. The number of carbonyl (C=O) groups is 2. The molecule has 6 heteroatoms. The molecule has 1 aliphatic heterocycles. The van der Waals surface area contributed by atoms with Gasteiger partial charge in [-0.1, -0.05) is 18.2 Å². The van der Waals surface area contributed by atoms with Crippen LogP contribution < -0.4 is 4.74 Å². The highest BCUT2D eigenvalue weighted by Gasteiger charge is 2.43. The summed E-state index contributed by atoms with van der Waals surface area (Å²) in [4.78, 5) is 25.6. The fourth-order valence-electron chi connectivity index (χ4n) is 2.86. The number of likely N-dealkylation sites (tertiary alicyclic amines) is 1. The third-order valence-corrected chi connectivity index (χ3v) is 4.31. The van der Waals surface area contributed by atoms with Crippen LogP contribution in [0.15, 0.2) is 30.3 Å². The number of ether oxygens (including phenoxy) is 2. The molecular formula is C17H23NO5. The molecule has 1 amide bonds. The van der Waals surface area contributed by atoms with Crippen LogP contribution in [0.4, 0.5) is 0 Å². The lowest BCUT2D eigenvalue weighted by Crippen LogP contribution is -2.51. The number of hydrogen-bond donors (Lipinski definition) is 1. The normalized spacial score (nSPS) is 18.3. The summed E-state index contributed by atoms with van der Waals surface area (Å²) < 4.78 is 10.7. The molecule has 6 nitrogen and oxygen atoms in total. The van der Waals surface area contributed by atoms with E-state index in [-0.39, 0.29) is 12.5 Å². The summed E-state index contributed by atoms with van der Waals surface area (Å²) in [7, 11) is 1.50. The Morgan fingerprint density at radius 2 is 1.87 bits per heavy atom. The number of nitrogens with zero attached hydrogens (tertiary/aromatic N) is 1. The first kappa shape index (κ1) is 17.3. The molecule has 0 bridgehead atoms. The summed E-state index contributed by atoms with van der Waals surface area (Å²) in [5.41, 5.74) is -0.894. The van der Waals surface area contributed by atoms with Gasteiger partial charge in [0.25, 0.3) is 5.91 Å². The van der Waals surface area contributed by atoms with Crippen LogP contribution in [0.2, 0.25) is 0 Å². The molecule has 1 unspecified atom stereocenters. The molecule has 1 aliphatic rings. The standard InChI is InChI=1S/C17H23NO5/c1-13(23-14-6-4-3-5-7-14)15(19)18-10-8-17(9-11-18,12-22-2)16(20)21/h3-7,13H,8-12H2,1-2H3,(H,20,21). The number of piperidine rings is 1. The minimum Gasteiger partial charge on any atom is -0.481 e. The maximum atomic E-state index is 12.5. The maximum absolute atomic E-state index is 12.5. The van der Waals surface area contributed by atoms with Crippen LogP contribution in [0.1, 0.15) is 19.8 Å². The van der Waals surface area contributed by atoms with Gasteiger partial charge in [-0.15, -0.1) is 0 Å². The monoisotopic (exact) mass is 321 g/mol. The summed E-state index contributed by atoms with van der Waals surface area (Å²) in [6.07, 6.45) is 0.178. The molecule has 2 rings (SSSR count). The lowest BCUT2D eigenvalue weighted by Gasteiger charge is -2.39. The Kier molecular flexibility index (Phi) is 5.60. The Morgan fingerprint density at radius 1 is 1.26 bits per heavy atom. The van der Waals surface area contributed by atoms with Gasteiger partial charge in [0.1, 0.15) is 5.75 Å². The van der Waals surface area contributed by atoms with Crippen molar-refractivity contribution < 1.29 is 24.2 Å². The molecule has 126 valence electrons. The second-order valence-corrected chi connectivity index (χ2v) is 5.92. The Labute approximate surface area is 136 Å². The topological polar surface area (TPSA) is 76.1 Å². The van der Waals surface area contributed by atoms with Crippen molar-refractivity contribution in [3.63, 3.8) is 0 Å². The second-order valence-electron chi connectivity index (χ2n) is 5.92. The number of carboxylic acids is 1. The molecule has 1 heterocycles. The number of rotatable bonds is 6. The van der Waals surface area contributed by atoms with Gasteiger partial charge in [-0.25, -0.2) is 0 Å². The maximum Gasteiger partial charge on any atom is 0.312 e. The number of hydrogen-bond acceptors (Lipinski definition) is 4. The molecule has 1 aromatic carbocycles. The van der Waals surface area contributed by atoms with Gasteiger partial charge in [-0.2, -0.15) is 0 Å². The van der Waals surface area contributed by atoms with E-state index in [1.807, 2.05) is 18.2 Å². The molecule has 1 saturated heterocycles. The SMILES string of the molecule is COCC1(C(=O)O)CCN(C(=O)C(C)Oc2ccccc2)CC1. The summed E-state index contributed by atoms with van der Waals surface area (Å²) >= 11 is 0. The molecule has 1 N–H and O–H groups in total. The van der Waals surface area contributed by atoms with E-state index in [2.05, 4.69) is 0 Å². The Balaban J connectivity index is 1.93. The Morgan fingerprint density at radius 3 is 2.39 bits per heavy atom. The van der Waals surface area contributed by atoms with Crippen molar-refractivity contribution >= 4 is 11.9 Å². The van der Waals surface area contributed by atoms with Gasteiger partial charge in [0.15, 0.2) is 6.10 Å². The molecule has 1 aromatic rings. The van der Waals surface area contributed by atoms with Gasteiger partial charge < -0.3 is 19.5 Å². The fourth-order valence-corrected chi connectivity index (χ4v) is 2.86. The smallest absolute Gasteiger partial charge is 0.312 e. The Bertz CT molecular complexity index is 537. The number of aliphatic carboxylic acids is 1. The highest BCUT2D eigenvalue weighted by atomic mass is 16.5. The summed E-state index contributed by atoms with van der Waals surface area (Å²) in [5.74, 6) is -0.338. The molecule has 0 spiro atoms. The summed E-state index contributed by atoms with van der Waals surface area (Å²) in [5, 5.41) is 9.44.